The molecule has 0 spiro atoms. The Morgan fingerprint density at radius 1 is 1.14 bits per heavy atom. The molecule has 4 aromatic rings. The largest absolute Gasteiger partial charge is 0.493 e. The Morgan fingerprint density at radius 3 is 2.83 bits per heavy atom. The SMILES string of the molecule is CCN1CCC[C@H]1c1nc(COc2cc3ncnc(Nc4ccc(Cl)c(Cl)c4)c3cc2OC)cs1. The lowest BCUT2D eigenvalue weighted by Gasteiger charge is -2.20. The van der Waals surface area contributed by atoms with Crippen molar-refractivity contribution in [3.05, 3.63) is 62.8 Å². The minimum absolute atomic E-state index is 0.358. The molecule has 0 saturated carbocycles. The number of thiazole rings is 1. The first-order valence-electron chi connectivity index (χ1n) is 11.4. The van der Waals surface area contributed by atoms with Crippen molar-refractivity contribution in [1.29, 1.82) is 0 Å². The molecule has 1 aliphatic rings. The number of nitrogens with one attached hydrogen (secondary N) is 1. The molecular weight excluding hydrogens is 505 g/mol. The summed E-state index contributed by atoms with van der Waals surface area (Å²) in [4.78, 5) is 16.2. The van der Waals surface area contributed by atoms with Crippen molar-refractivity contribution in [3.63, 3.8) is 0 Å². The van der Waals surface area contributed by atoms with Crippen LogP contribution in [0.4, 0.5) is 11.5 Å². The van der Waals surface area contributed by atoms with Gasteiger partial charge < -0.3 is 14.8 Å². The van der Waals surface area contributed by atoms with Gasteiger partial charge in [0.25, 0.3) is 0 Å². The fraction of sp³-hybridized carbons (Fsp3) is 0.320. The van der Waals surface area contributed by atoms with Crippen molar-refractivity contribution < 1.29 is 9.47 Å². The maximum absolute atomic E-state index is 6.16. The highest BCUT2D eigenvalue weighted by Gasteiger charge is 2.27. The van der Waals surface area contributed by atoms with Crippen LogP contribution in [-0.4, -0.2) is 40.1 Å². The molecule has 1 saturated heterocycles. The van der Waals surface area contributed by atoms with Gasteiger partial charge in [-0.25, -0.2) is 15.0 Å². The lowest BCUT2D eigenvalue weighted by molar-refractivity contribution is 0.267. The molecule has 0 unspecified atom stereocenters. The Bertz CT molecular complexity index is 1350. The zero-order valence-corrected chi connectivity index (χ0v) is 21.8. The quantitative estimate of drug-likeness (QED) is 0.266. The van der Waals surface area contributed by atoms with Crippen molar-refractivity contribution in [2.75, 3.05) is 25.5 Å². The number of nitrogens with zero attached hydrogens (tertiary/aromatic N) is 4. The lowest BCUT2D eigenvalue weighted by Crippen LogP contribution is -2.22. The van der Waals surface area contributed by atoms with Crippen molar-refractivity contribution in [3.8, 4) is 11.5 Å². The standard InChI is InChI=1S/C25H25Cl2N5O2S/c1-3-32-8-4-5-21(32)25-31-16(13-35-25)12-34-23-11-20-17(10-22(23)33-2)24(29-14-28-20)30-15-6-7-18(26)19(27)9-15/h6-7,9-11,13-14,21H,3-5,8,12H2,1-2H3,(H,28,29,30)/t21-/m0/s1. The molecule has 5 rings (SSSR count). The van der Waals surface area contributed by atoms with E-state index in [1.807, 2.05) is 18.2 Å². The lowest BCUT2D eigenvalue weighted by atomic mass is 10.2. The Hall–Kier alpha value is -2.65. The van der Waals surface area contributed by atoms with Crippen LogP contribution in [0.3, 0.4) is 0 Å². The monoisotopic (exact) mass is 529 g/mol. The fourth-order valence-electron chi connectivity index (χ4n) is 4.32. The Labute approximate surface area is 218 Å². The number of ether oxygens (including phenoxy) is 2. The Kier molecular flexibility index (Phi) is 7.24. The van der Waals surface area contributed by atoms with Crippen molar-refractivity contribution in [2.24, 2.45) is 0 Å². The molecular formula is C25H25Cl2N5O2S. The second-order valence-electron chi connectivity index (χ2n) is 8.25. The van der Waals surface area contributed by atoms with Crippen LogP contribution in [0.5, 0.6) is 11.5 Å². The van der Waals surface area contributed by atoms with Gasteiger partial charge in [-0.1, -0.05) is 30.1 Å². The van der Waals surface area contributed by atoms with Crippen molar-refractivity contribution in [2.45, 2.75) is 32.4 Å². The minimum Gasteiger partial charge on any atom is -0.493 e. The maximum atomic E-state index is 6.16. The van der Waals surface area contributed by atoms with Gasteiger partial charge in [-0.2, -0.15) is 0 Å². The highest BCUT2D eigenvalue weighted by Crippen LogP contribution is 2.37. The summed E-state index contributed by atoms with van der Waals surface area (Å²) in [5, 5.41) is 8.27. The summed E-state index contributed by atoms with van der Waals surface area (Å²) < 4.78 is 11.8. The normalized spacial score (nSPS) is 16.1. The first kappa shape index (κ1) is 24.1. The number of hydrogen-bond acceptors (Lipinski definition) is 8. The van der Waals surface area contributed by atoms with E-state index in [0.717, 1.165) is 35.4 Å². The van der Waals surface area contributed by atoms with E-state index in [9.17, 15) is 0 Å². The summed E-state index contributed by atoms with van der Waals surface area (Å²) >= 11 is 13.9. The summed E-state index contributed by atoms with van der Waals surface area (Å²) in [6, 6.07) is 9.48. The van der Waals surface area contributed by atoms with Gasteiger partial charge in [0.05, 0.1) is 34.4 Å². The molecule has 0 amide bonds. The third-order valence-electron chi connectivity index (χ3n) is 6.10. The van der Waals surface area contributed by atoms with Gasteiger partial charge in [-0.05, 0) is 50.2 Å². The fourth-order valence-corrected chi connectivity index (χ4v) is 5.59. The summed E-state index contributed by atoms with van der Waals surface area (Å²) in [6.45, 7) is 4.76. The number of halogens is 2. The third-order valence-corrected chi connectivity index (χ3v) is 7.84. The smallest absolute Gasteiger partial charge is 0.163 e. The molecule has 7 nitrogen and oxygen atoms in total. The van der Waals surface area contributed by atoms with Crippen molar-refractivity contribution in [1.82, 2.24) is 19.9 Å². The number of hydrogen-bond donors (Lipinski definition) is 1. The average molecular weight is 530 g/mol. The number of methoxy groups -OCH3 is 1. The number of benzene rings is 2. The first-order chi connectivity index (χ1) is 17.1. The van der Waals surface area contributed by atoms with Crippen LogP contribution in [0.2, 0.25) is 10.0 Å². The molecule has 0 radical (unpaired) electrons. The van der Waals surface area contributed by atoms with Gasteiger partial charge in [-0.3, -0.25) is 4.90 Å². The van der Waals surface area contributed by atoms with Gasteiger partial charge in [0.2, 0.25) is 0 Å². The predicted molar refractivity (Wildman–Crippen MR) is 142 cm³/mol. The number of likely N-dealkylation sites (tertiary alicyclic amines) is 1. The van der Waals surface area contributed by atoms with Gasteiger partial charge in [0.15, 0.2) is 11.5 Å². The van der Waals surface area contributed by atoms with Crippen LogP contribution in [0, 0.1) is 0 Å². The molecule has 35 heavy (non-hydrogen) atoms. The molecule has 2 aromatic carbocycles. The van der Waals surface area contributed by atoms with Crippen LogP contribution < -0.4 is 14.8 Å². The summed E-state index contributed by atoms with van der Waals surface area (Å²) in [5.74, 6) is 1.82. The highest BCUT2D eigenvalue weighted by atomic mass is 35.5. The molecule has 10 heteroatoms. The molecule has 3 heterocycles. The number of rotatable bonds is 8. The molecule has 1 N–H and O–H groups in total. The van der Waals surface area contributed by atoms with Crippen LogP contribution in [0.1, 0.15) is 36.5 Å². The van der Waals surface area contributed by atoms with Gasteiger partial charge in [0.1, 0.15) is 23.8 Å². The van der Waals surface area contributed by atoms with E-state index in [1.165, 1.54) is 24.2 Å². The highest BCUT2D eigenvalue weighted by molar-refractivity contribution is 7.09. The molecule has 1 fully saturated rings. The van der Waals surface area contributed by atoms with Gasteiger partial charge in [-0.15, -0.1) is 11.3 Å². The molecule has 1 aliphatic heterocycles. The number of anilines is 2. The predicted octanol–water partition coefficient (Wildman–Crippen LogP) is 6.88. The zero-order valence-electron chi connectivity index (χ0n) is 19.4. The Balaban J connectivity index is 1.36. The van der Waals surface area contributed by atoms with Crippen LogP contribution in [-0.2, 0) is 6.61 Å². The number of aromatic nitrogens is 3. The van der Waals surface area contributed by atoms with Gasteiger partial charge >= 0.3 is 0 Å². The van der Waals surface area contributed by atoms with E-state index in [-0.39, 0.29) is 0 Å². The molecule has 2 aromatic heterocycles. The van der Waals surface area contributed by atoms with E-state index in [4.69, 9.17) is 37.7 Å². The van der Waals surface area contributed by atoms with E-state index >= 15 is 0 Å². The maximum Gasteiger partial charge on any atom is 0.163 e. The van der Waals surface area contributed by atoms with Crippen LogP contribution >= 0.6 is 34.5 Å². The van der Waals surface area contributed by atoms with E-state index in [0.29, 0.717) is 40.0 Å². The zero-order chi connectivity index (χ0) is 24.4. The minimum atomic E-state index is 0.358. The average Bonchev–Trinajstić information content (AvgIpc) is 3.54. The number of fused-ring (bicyclic) bond motifs is 1. The molecule has 1 atom stereocenters. The van der Waals surface area contributed by atoms with Crippen LogP contribution in [0.15, 0.2) is 42.0 Å². The summed E-state index contributed by atoms with van der Waals surface area (Å²) in [5.41, 5.74) is 2.41. The van der Waals surface area contributed by atoms with Gasteiger partial charge in [0, 0.05) is 22.5 Å². The van der Waals surface area contributed by atoms with E-state index in [1.54, 1.807) is 30.6 Å². The van der Waals surface area contributed by atoms with E-state index < -0.39 is 0 Å². The first-order valence-corrected chi connectivity index (χ1v) is 13.0. The third kappa shape index (κ3) is 5.16. The summed E-state index contributed by atoms with van der Waals surface area (Å²) in [6.07, 6.45) is 3.90. The second-order valence-corrected chi connectivity index (χ2v) is 9.95. The topological polar surface area (TPSA) is 72.4 Å². The molecule has 0 bridgehead atoms. The van der Waals surface area contributed by atoms with E-state index in [2.05, 4.69) is 32.5 Å². The van der Waals surface area contributed by atoms with Crippen LogP contribution in [0.25, 0.3) is 10.9 Å². The molecule has 0 aliphatic carbocycles. The summed E-state index contributed by atoms with van der Waals surface area (Å²) in [7, 11) is 1.62. The second kappa shape index (κ2) is 10.5. The Morgan fingerprint density at radius 2 is 2.03 bits per heavy atom. The molecule has 182 valence electrons. The van der Waals surface area contributed by atoms with Crippen molar-refractivity contribution >= 4 is 56.9 Å².